The van der Waals surface area contributed by atoms with Crippen LogP contribution in [-0.4, -0.2) is 46.8 Å². The lowest BCUT2D eigenvalue weighted by molar-refractivity contribution is -0.384. The second-order valence-electron chi connectivity index (χ2n) is 5.80. The first-order chi connectivity index (χ1) is 14.5. The maximum atomic E-state index is 10.0. The van der Waals surface area contributed by atoms with Crippen molar-refractivity contribution in [2.24, 2.45) is 7.05 Å². The lowest BCUT2D eigenvalue weighted by Gasteiger charge is -2.13. The Hall–Kier alpha value is -3.27. The van der Waals surface area contributed by atoms with Gasteiger partial charge >= 0.3 is 0 Å². The molecule has 0 bridgehead atoms. The SMILES string of the molecule is CCSc1nnc(-c2cc(OC)c(OC)c(OC)c2)n1C.O=[N+]([O-])c1ccccc1. The Morgan fingerprint density at radius 2 is 1.63 bits per heavy atom. The molecular weight excluding hydrogens is 408 g/mol. The van der Waals surface area contributed by atoms with Crippen molar-refractivity contribution in [3.05, 3.63) is 52.6 Å². The second-order valence-corrected chi connectivity index (χ2v) is 7.04. The molecule has 0 unspecified atom stereocenters. The summed E-state index contributed by atoms with van der Waals surface area (Å²) >= 11 is 1.65. The van der Waals surface area contributed by atoms with E-state index in [1.165, 1.54) is 12.1 Å². The van der Waals surface area contributed by atoms with E-state index in [1.54, 1.807) is 51.3 Å². The summed E-state index contributed by atoms with van der Waals surface area (Å²) < 4.78 is 18.0. The number of aromatic nitrogens is 3. The zero-order chi connectivity index (χ0) is 22.1. The molecule has 3 aromatic rings. The maximum Gasteiger partial charge on any atom is 0.269 e. The first-order valence-electron chi connectivity index (χ1n) is 8.98. The van der Waals surface area contributed by atoms with E-state index in [-0.39, 0.29) is 5.69 Å². The van der Waals surface area contributed by atoms with Crippen molar-refractivity contribution < 1.29 is 19.1 Å². The number of nitrogens with zero attached hydrogens (tertiary/aromatic N) is 4. The van der Waals surface area contributed by atoms with Crippen LogP contribution in [0.2, 0.25) is 0 Å². The maximum absolute atomic E-state index is 10.0. The number of non-ortho nitro benzene ring substituents is 1. The van der Waals surface area contributed by atoms with E-state index in [2.05, 4.69) is 17.1 Å². The highest BCUT2D eigenvalue weighted by molar-refractivity contribution is 7.99. The van der Waals surface area contributed by atoms with E-state index in [1.807, 2.05) is 23.7 Å². The number of benzene rings is 2. The standard InChI is InChI=1S/C14H19N3O3S.C6H5NO2/c1-6-21-14-16-15-13(17(14)2)9-7-10(18-3)12(20-5)11(8-9)19-4;8-7(9)6-4-2-1-3-5-6/h7-8H,6H2,1-5H3;1-5H. The summed E-state index contributed by atoms with van der Waals surface area (Å²) in [6.45, 7) is 2.08. The molecule has 0 amide bonds. The van der Waals surface area contributed by atoms with Gasteiger partial charge in [-0.2, -0.15) is 0 Å². The van der Waals surface area contributed by atoms with Crippen LogP contribution >= 0.6 is 11.8 Å². The van der Waals surface area contributed by atoms with Gasteiger partial charge in [0, 0.05) is 24.7 Å². The number of hydrogen-bond acceptors (Lipinski definition) is 8. The number of hydrogen-bond donors (Lipinski definition) is 0. The number of thioether (sulfide) groups is 1. The Labute approximate surface area is 179 Å². The van der Waals surface area contributed by atoms with Gasteiger partial charge in [-0.05, 0) is 17.9 Å². The van der Waals surface area contributed by atoms with E-state index in [4.69, 9.17) is 14.2 Å². The molecule has 0 saturated carbocycles. The smallest absolute Gasteiger partial charge is 0.269 e. The van der Waals surface area contributed by atoms with Gasteiger partial charge in [-0.3, -0.25) is 10.1 Å². The van der Waals surface area contributed by atoms with Crippen molar-refractivity contribution in [1.29, 1.82) is 0 Å². The third-order valence-corrected chi connectivity index (χ3v) is 4.90. The minimum absolute atomic E-state index is 0.137. The van der Waals surface area contributed by atoms with Gasteiger partial charge in [-0.15, -0.1) is 10.2 Å². The van der Waals surface area contributed by atoms with Crippen molar-refractivity contribution in [1.82, 2.24) is 14.8 Å². The quantitative estimate of drug-likeness (QED) is 0.311. The van der Waals surface area contributed by atoms with E-state index in [0.717, 1.165) is 22.3 Å². The molecule has 0 aliphatic rings. The first kappa shape index (κ1) is 23.0. The van der Waals surface area contributed by atoms with Crippen LogP contribution in [-0.2, 0) is 7.05 Å². The first-order valence-corrected chi connectivity index (χ1v) is 9.97. The fourth-order valence-corrected chi connectivity index (χ4v) is 3.22. The summed E-state index contributed by atoms with van der Waals surface area (Å²) in [6, 6.07) is 11.7. The highest BCUT2D eigenvalue weighted by atomic mass is 32.2. The Balaban J connectivity index is 0.000000297. The van der Waals surface area contributed by atoms with Gasteiger partial charge in [-0.25, -0.2) is 0 Å². The van der Waals surface area contributed by atoms with E-state index >= 15 is 0 Å². The van der Waals surface area contributed by atoms with E-state index < -0.39 is 4.92 Å². The van der Waals surface area contributed by atoms with Gasteiger partial charge in [0.1, 0.15) is 0 Å². The fourth-order valence-electron chi connectivity index (χ4n) is 2.58. The number of nitro benzene ring substituents is 1. The molecule has 1 heterocycles. The molecule has 0 aliphatic carbocycles. The summed E-state index contributed by atoms with van der Waals surface area (Å²) in [7, 11) is 6.71. The van der Waals surface area contributed by atoms with E-state index in [0.29, 0.717) is 17.2 Å². The monoisotopic (exact) mass is 432 g/mol. The molecule has 30 heavy (non-hydrogen) atoms. The predicted octanol–water partition coefficient (Wildman–Crippen LogP) is 4.21. The highest BCUT2D eigenvalue weighted by Gasteiger charge is 2.18. The topological polar surface area (TPSA) is 102 Å². The molecule has 0 N–H and O–H groups in total. The van der Waals surface area contributed by atoms with Crippen LogP contribution in [0.3, 0.4) is 0 Å². The Kier molecular flexibility index (Phi) is 8.48. The second kappa shape index (κ2) is 11.1. The number of para-hydroxylation sites is 1. The van der Waals surface area contributed by atoms with Crippen LogP contribution in [0.25, 0.3) is 11.4 Å². The molecule has 2 aromatic carbocycles. The average molecular weight is 433 g/mol. The van der Waals surface area contributed by atoms with Crippen molar-refractivity contribution in [2.45, 2.75) is 12.1 Å². The van der Waals surface area contributed by atoms with Crippen molar-refractivity contribution in [3.8, 4) is 28.6 Å². The Morgan fingerprint density at radius 3 is 2.07 bits per heavy atom. The summed E-state index contributed by atoms with van der Waals surface area (Å²) in [5, 5.41) is 19.3. The van der Waals surface area contributed by atoms with Crippen LogP contribution in [0.1, 0.15) is 6.92 Å². The van der Waals surface area contributed by atoms with Crippen LogP contribution in [0, 0.1) is 10.1 Å². The van der Waals surface area contributed by atoms with Gasteiger partial charge in [0.05, 0.1) is 26.3 Å². The van der Waals surface area contributed by atoms with Crippen LogP contribution in [0.5, 0.6) is 17.2 Å². The molecule has 0 radical (unpaired) electrons. The van der Waals surface area contributed by atoms with Crippen molar-refractivity contribution in [2.75, 3.05) is 27.1 Å². The van der Waals surface area contributed by atoms with Gasteiger partial charge in [-0.1, -0.05) is 36.9 Å². The fraction of sp³-hybridized carbons (Fsp3) is 0.300. The minimum atomic E-state index is -0.417. The van der Waals surface area contributed by atoms with Gasteiger partial charge in [0.2, 0.25) is 5.75 Å². The average Bonchev–Trinajstić information content (AvgIpc) is 3.14. The zero-order valence-corrected chi connectivity index (χ0v) is 18.3. The molecule has 9 nitrogen and oxygen atoms in total. The molecular formula is C20H24N4O5S. The number of ether oxygens (including phenoxy) is 3. The molecule has 0 spiro atoms. The largest absolute Gasteiger partial charge is 0.493 e. The molecule has 10 heteroatoms. The summed E-state index contributed by atoms with van der Waals surface area (Å²) in [4.78, 5) is 9.59. The Bertz CT molecular complexity index is 954. The molecule has 1 aromatic heterocycles. The number of methoxy groups -OCH3 is 3. The highest BCUT2D eigenvalue weighted by Crippen LogP contribution is 2.41. The van der Waals surface area contributed by atoms with Crippen molar-refractivity contribution >= 4 is 17.4 Å². The summed E-state index contributed by atoms with van der Waals surface area (Å²) in [5.41, 5.74) is 1.000. The van der Waals surface area contributed by atoms with Gasteiger partial charge < -0.3 is 18.8 Å². The molecule has 160 valence electrons. The van der Waals surface area contributed by atoms with Crippen molar-refractivity contribution in [3.63, 3.8) is 0 Å². The molecule has 0 atom stereocenters. The third-order valence-electron chi connectivity index (χ3n) is 4.00. The summed E-state index contributed by atoms with van der Waals surface area (Å²) in [5.74, 6) is 3.46. The number of nitro groups is 1. The van der Waals surface area contributed by atoms with Gasteiger partial charge in [0.25, 0.3) is 5.69 Å². The van der Waals surface area contributed by atoms with Gasteiger partial charge in [0.15, 0.2) is 22.5 Å². The Morgan fingerprint density at radius 1 is 1.03 bits per heavy atom. The summed E-state index contributed by atoms with van der Waals surface area (Å²) in [6.07, 6.45) is 0. The molecule has 3 rings (SSSR count). The normalized spacial score (nSPS) is 10.0. The van der Waals surface area contributed by atoms with E-state index in [9.17, 15) is 10.1 Å². The van der Waals surface area contributed by atoms with Crippen LogP contribution in [0.15, 0.2) is 47.6 Å². The lowest BCUT2D eigenvalue weighted by Crippen LogP contribution is -1.98. The predicted molar refractivity (Wildman–Crippen MR) is 116 cm³/mol. The zero-order valence-electron chi connectivity index (χ0n) is 17.5. The molecule has 0 saturated heterocycles. The lowest BCUT2D eigenvalue weighted by atomic mass is 10.1. The molecule has 0 aliphatic heterocycles. The minimum Gasteiger partial charge on any atom is -0.493 e. The third kappa shape index (κ3) is 5.41. The van der Waals surface area contributed by atoms with Crippen LogP contribution < -0.4 is 14.2 Å². The number of rotatable bonds is 7. The molecule has 0 fully saturated rings. The van der Waals surface area contributed by atoms with Crippen LogP contribution in [0.4, 0.5) is 5.69 Å².